The van der Waals surface area contributed by atoms with Crippen LogP contribution in [0.4, 0.5) is 0 Å². The summed E-state index contributed by atoms with van der Waals surface area (Å²) < 4.78 is 5.35. The number of carbonyl (C=O) groups is 1. The van der Waals surface area contributed by atoms with Gasteiger partial charge in [0.1, 0.15) is 11.4 Å². The molecule has 0 bridgehead atoms. The number of rotatable bonds is 3. The lowest BCUT2D eigenvalue weighted by atomic mass is 9.92. The van der Waals surface area contributed by atoms with Crippen LogP contribution in [0.2, 0.25) is 0 Å². The second kappa shape index (κ2) is 5.68. The average molecular weight is 313 g/mol. The highest BCUT2D eigenvalue weighted by molar-refractivity contribution is 6.21. The highest BCUT2D eigenvalue weighted by Gasteiger charge is 2.41. The van der Waals surface area contributed by atoms with E-state index in [1.54, 1.807) is 12.4 Å². The molecule has 120 valence electrons. The summed E-state index contributed by atoms with van der Waals surface area (Å²) in [5.74, 6) is -0.00945. The lowest BCUT2D eigenvalue weighted by Gasteiger charge is -2.23. The third-order valence-corrected chi connectivity index (χ3v) is 4.77. The van der Waals surface area contributed by atoms with E-state index < -0.39 is 12.1 Å². The van der Waals surface area contributed by atoms with Crippen molar-refractivity contribution in [3.63, 3.8) is 0 Å². The Bertz CT molecular complexity index is 684. The van der Waals surface area contributed by atoms with Crippen LogP contribution in [-0.2, 0) is 16.0 Å². The molecule has 23 heavy (non-hydrogen) atoms. The minimum absolute atomic E-state index is 0.0169. The molecule has 3 aliphatic rings. The van der Waals surface area contributed by atoms with E-state index in [2.05, 4.69) is 15.3 Å². The zero-order valence-electron chi connectivity index (χ0n) is 12.7. The van der Waals surface area contributed by atoms with E-state index in [0.29, 0.717) is 12.3 Å². The number of cyclic esters (lactones) is 1. The summed E-state index contributed by atoms with van der Waals surface area (Å²) in [4.78, 5) is 20.8. The summed E-state index contributed by atoms with van der Waals surface area (Å²) in [6, 6.07) is 4.19. The van der Waals surface area contributed by atoms with Gasteiger partial charge in [0.15, 0.2) is 11.9 Å². The molecule has 1 saturated carbocycles. The van der Waals surface area contributed by atoms with Crippen LogP contribution >= 0.6 is 0 Å². The Balaban J connectivity index is 1.56. The van der Waals surface area contributed by atoms with E-state index >= 15 is 0 Å². The number of aliphatic imine (C=N–C) groups is 1. The predicted molar refractivity (Wildman–Crippen MR) is 84.1 cm³/mol. The number of esters is 1. The third kappa shape index (κ3) is 2.58. The average Bonchev–Trinajstić information content (AvgIpc) is 3.09. The van der Waals surface area contributed by atoms with Crippen molar-refractivity contribution < 1.29 is 14.6 Å². The molecule has 2 N–H and O–H groups in total. The number of aliphatic hydroxyl groups is 1. The van der Waals surface area contributed by atoms with Crippen molar-refractivity contribution in [2.24, 2.45) is 4.99 Å². The molecule has 0 radical (unpaired) electrons. The molecule has 6 heteroatoms. The van der Waals surface area contributed by atoms with Crippen molar-refractivity contribution >= 4 is 11.8 Å². The Kier molecular flexibility index (Phi) is 3.52. The fraction of sp³-hybridized carbons (Fsp3) is 0.471. The number of hydrogen-bond donors (Lipinski definition) is 2. The smallest absolute Gasteiger partial charge is 0.346 e. The van der Waals surface area contributed by atoms with Gasteiger partial charge in [-0.05, 0) is 30.5 Å². The summed E-state index contributed by atoms with van der Waals surface area (Å²) in [6.45, 7) is 0. The van der Waals surface area contributed by atoms with Crippen molar-refractivity contribution in [1.29, 1.82) is 0 Å². The van der Waals surface area contributed by atoms with E-state index in [-0.39, 0.29) is 23.4 Å². The van der Waals surface area contributed by atoms with Gasteiger partial charge in [0, 0.05) is 24.9 Å². The standard InChI is InChI=1S/C17H19N3O3/c21-15-13(9-10-5-7-18-8-6-10)23-17(22)14(15)16-19-11-3-1-2-4-12(11)20-16/h5-8,11-13,21H,1-4,9H2,(H,19,20)/t11-,12+,13-/m1/s1. The van der Waals surface area contributed by atoms with Crippen LogP contribution in [0.5, 0.6) is 0 Å². The first kappa shape index (κ1) is 14.2. The SMILES string of the molecule is O=C1O[C@H](Cc2ccncc2)C(O)=C1C1=N[C@H]2CCCC[C@H]2N1. The van der Waals surface area contributed by atoms with Gasteiger partial charge < -0.3 is 15.2 Å². The van der Waals surface area contributed by atoms with E-state index in [9.17, 15) is 9.90 Å². The number of hydrogen-bond acceptors (Lipinski definition) is 6. The highest BCUT2D eigenvalue weighted by Crippen LogP contribution is 2.30. The fourth-order valence-corrected chi connectivity index (χ4v) is 3.55. The second-order valence-electron chi connectivity index (χ2n) is 6.29. The Hall–Kier alpha value is -2.37. The van der Waals surface area contributed by atoms with Crippen LogP contribution in [-0.4, -0.2) is 40.1 Å². The van der Waals surface area contributed by atoms with Gasteiger partial charge in [-0.3, -0.25) is 9.98 Å². The lowest BCUT2D eigenvalue weighted by Crippen LogP contribution is -2.37. The van der Waals surface area contributed by atoms with Crippen molar-refractivity contribution in [2.75, 3.05) is 0 Å². The van der Waals surface area contributed by atoms with Crippen LogP contribution in [0.1, 0.15) is 31.2 Å². The van der Waals surface area contributed by atoms with Crippen LogP contribution < -0.4 is 5.32 Å². The summed E-state index contributed by atoms with van der Waals surface area (Å²) in [5.41, 5.74) is 1.17. The number of aromatic nitrogens is 1. The maximum absolute atomic E-state index is 12.2. The Labute approximate surface area is 134 Å². The molecule has 0 amide bonds. The van der Waals surface area contributed by atoms with Crippen molar-refractivity contribution in [2.45, 2.75) is 50.3 Å². The summed E-state index contributed by atoms with van der Waals surface area (Å²) >= 11 is 0. The summed E-state index contributed by atoms with van der Waals surface area (Å²) in [7, 11) is 0. The normalized spacial score (nSPS) is 29.8. The molecule has 0 saturated heterocycles. The molecule has 1 fully saturated rings. The molecule has 1 aromatic rings. The topological polar surface area (TPSA) is 83.8 Å². The number of fused-ring (bicyclic) bond motifs is 1. The Morgan fingerprint density at radius 1 is 1.26 bits per heavy atom. The van der Waals surface area contributed by atoms with Gasteiger partial charge in [-0.25, -0.2) is 4.79 Å². The monoisotopic (exact) mass is 313 g/mol. The highest BCUT2D eigenvalue weighted by atomic mass is 16.6. The fourth-order valence-electron chi connectivity index (χ4n) is 3.55. The van der Waals surface area contributed by atoms with Crippen molar-refractivity contribution in [1.82, 2.24) is 10.3 Å². The molecule has 1 aliphatic carbocycles. The second-order valence-corrected chi connectivity index (χ2v) is 6.29. The van der Waals surface area contributed by atoms with Crippen LogP contribution in [0.15, 0.2) is 40.9 Å². The van der Waals surface area contributed by atoms with Gasteiger partial charge in [-0.1, -0.05) is 12.8 Å². The van der Waals surface area contributed by atoms with E-state index in [4.69, 9.17) is 4.74 Å². The minimum atomic E-state index is -0.646. The van der Waals surface area contributed by atoms with Crippen LogP contribution in [0, 0.1) is 0 Å². The molecular formula is C17H19N3O3. The quantitative estimate of drug-likeness (QED) is 0.829. The van der Waals surface area contributed by atoms with Gasteiger partial charge >= 0.3 is 5.97 Å². The number of nitrogens with zero attached hydrogens (tertiary/aromatic N) is 2. The predicted octanol–water partition coefficient (Wildman–Crippen LogP) is 1.67. The van der Waals surface area contributed by atoms with Gasteiger partial charge in [-0.2, -0.15) is 0 Å². The molecule has 2 aliphatic heterocycles. The first-order valence-electron chi connectivity index (χ1n) is 8.10. The third-order valence-electron chi connectivity index (χ3n) is 4.77. The van der Waals surface area contributed by atoms with E-state index in [1.165, 1.54) is 12.8 Å². The van der Waals surface area contributed by atoms with E-state index in [0.717, 1.165) is 18.4 Å². The summed E-state index contributed by atoms with van der Waals surface area (Å²) in [6.07, 6.45) is 7.58. The van der Waals surface area contributed by atoms with Crippen molar-refractivity contribution in [3.05, 3.63) is 41.4 Å². The minimum Gasteiger partial charge on any atom is -0.507 e. The zero-order chi connectivity index (χ0) is 15.8. The van der Waals surface area contributed by atoms with Gasteiger partial charge in [0.25, 0.3) is 0 Å². The molecule has 3 atom stereocenters. The Morgan fingerprint density at radius 2 is 2.04 bits per heavy atom. The maximum Gasteiger partial charge on any atom is 0.346 e. The van der Waals surface area contributed by atoms with E-state index in [1.807, 2.05) is 12.1 Å². The van der Waals surface area contributed by atoms with Crippen molar-refractivity contribution in [3.8, 4) is 0 Å². The molecule has 0 aromatic carbocycles. The number of nitrogens with one attached hydrogen (secondary N) is 1. The maximum atomic E-state index is 12.2. The summed E-state index contributed by atoms with van der Waals surface area (Å²) in [5, 5.41) is 13.8. The number of aliphatic hydroxyl groups excluding tert-OH is 1. The Morgan fingerprint density at radius 3 is 2.83 bits per heavy atom. The molecule has 3 heterocycles. The number of ether oxygens (including phenoxy) is 1. The molecule has 0 spiro atoms. The number of pyridine rings is 1. The largest absolute Gasteiger partial charge is 0.507 e. The molecular weight excluding hydrogens is 294 g/mol. The van der Waals surface area contributed by atoms with Crippen LogP contribution in [0.25, 0.3) is 0 Å². The molecule has 1 aromatic heterocycles. The number of carbonyl (C=O) groups excluding carboxylic acids is 1. The molecule has 4 rings (SSSR count). The van der Waals surface area contributed by atoms with Gasteiger partial charge in [-0.15, -0.1) is 0 Å². The van der Waals surface area contributed by atoms with Gasteiger partial charge in [0.2, 0.25) is 0 Å². The van der Waals surface area contributed by atoms with Crippen LogP contribution in [0.3, 0.4) is 0 Å². The van der Waals surface area contributed by atoms with Gasteiger partial charge in [0.05, 0.1) is 6.04 Å². The zero-order valence-corrected chi connectivity index (χ0v) is 12.7. The lowest BCUT2D eigenvalue weighted by molar-refractivity contribution is -0.139. The first-order valence-corrected chi connectivity index (χ1v) is 8.10. The first-order chi connectivity index (χ1) is 11.2. The molecule has 6 nitrogen and oxygen atoms in total. The molecule has 0 unspecified atom stereocenters. The number of amidine groups is 1.